The average Bonchev–Trinajstić information content (AvgIpc) is 2.93. The Labute approximate surface area is 214 Å². The molecule has 1 amide bonds. The fourth-order valence-corrected chi connectivity index (χ4v) is 6.57. The second kappa shape index (κ2) is 10.1. The molecule has 2 fully saturated rings. The molecule has 1 saturated carbocycles. The number of carbonyl (C=O) groups is 1. The Kier molecular flexibility index (Phi) is 6.87. The van der Waals surface area contributed by atoms with Gasteiger partial charge in [-0.1, -0.05) is 48.5 Å². The Balaban J connectivity index is 1.46. The number of nitrogens with one attached hydrogen (secondary N) is 1. The van der Waals surface area contributed by atoms with Crippen LogP contribution >= 0.6 is 0 Å². The number of hydrogen-bond acceptors (Lipinski definition) is 4. The van der Waals surface area contributed by atoms with Crippen LogP contribution in [0.15, 0.2) is 79.4 Å². The maximum atomic E-state index is 13.4. The third kappa shape index (κ3) is 4.31. The molecule has 5 rings (SSSR count). The molecular weight excluding hydrogens is 448 g/mol. The van der Waals surface area contributed by atoms with E-state index in [2.05, 4.69) is 47.1 Å². The topological polar surface area (TPSA) is 50.8 Å². The third-order valence-electron chi connectivity index (χ3n) is 8.44. The molecule has 0 bridgehead atoms. The van der Waals surface area contributed by atoms with Gasteiger partial charge in [0.1, 0.15) is 5.75 Å². The Morgan fingerprint density at radius 1 is 1.08 bits per heavy atom. The minimum atomic E-state index is -0.342. The fraction of sp³-hybridized carbons (Fsp3) is 0.387. The van der Waals surface area contributed by atoms with E-state index in [0.717, 1.165) is 61.8 Å². The first kappa shape index (κ1) is 24.5. The van der Waals surface area contributed by atoms with Gasteiger partial charge in [0.2, 0.25) is 0 Å². The summed E-state index contributed by atoms with van der Waals surface area (Å²) in [5.41, 5.74) is 1.36. The number of piperidine rings is 1. The van der Waals surface area contributed by atoms with Crippen LogP contribution in [0.25, 0.3) is 10.8 Å². The zero-order valence-corrected chi connectivity index (χ0v) is 21.3. The molecule has 0 aromatic heterocycles. The van der Waals surface area contributed by atoms with Gasteiger partial charge in [-0.2, -0.15) is 0 Å². The molecule has 0 spiro atoms. The van der Waals surface area contributed by atoms with Crippen molar-refractivity contribution in [2.24, 2.45) is 0 Å². The van der Waals surface area contributed by atoms with Crippen molar-refractivity contribution in [1.82, 2.24) is 10.2 Å². The SMILES string of the molecule is C=CCN1CC[C@@]2(c3cccc(OC)c3)C[C@H](NC(=O)c3ccc4ccccc4c3)CC[C@]2(OC)C1. The molecule has 3 atom stereocenters. The molecule has 2 aliphatic rings. The minimum Gasteiger partial charge on any atom is -0.497 e. The van der Waals surface area contributed by atoms with Crippen molar-refractivity contribution in [2.75, 3.05) is 33.9 Å². The highest BCUT2D eigenvalue weighted by molar-refractivity contribution is 5.98. The van der Waals surface area contributed by atoms with Crippen molar-refractivity contribution in [3.8, 4) is 5.75 Å². The largest absolute Gasteiger partial charge is 0.497 e. The number of ether oxygens (including phenoxy) is 2. The molecule has 188 valence electrons. The molecule has 1 aliphatic heterocycles. The van der Waals surface area contributed by atoms with Crippen LogP contribution in [0.3, 0.4) is 0 Å². The summed E-state index contributed by atoms with van der Waals surface area (Å²) in [5, 5.41) is 5.60. The minimum absolute atomic E-state index is 0.0134. The number of methoxy groups -OCH3 is 2. The lowest BCUT2D eigenvalue weighted by atomic mass is 9.55. The molecule has 1 aliphatic carbocycles. The van der Waals surface area contributed by atoms with Gasteiger partial charge in [0.25, 0.3) is 5.91 Å². The molecule has 5 heteroatoms. The van der Waals surface area contributed by atoms with E-state index in [0.29, 0.717) is 5.56 Å². The summed E-state index contributed by atoms with van der Waals surface area (Å²) in [5.74, 6) is 0.836. The molecule has 1 saturated heterocycles. The second-order valence-electron chi connectivity index (χ2n) is 10.3. The van der Waals surface area contributed by atoms with Gasteiger partial charge < -0.3 is 14.8 Å². The number of benzene rings is 3. The van der Waals surface area contributed by atoms with Gasteiger partial charge in [0.15, 0.2) is 0 Å². The lowest BCUT2D eigenvalue weighted by Crippen LogP contribution is -2.67. The number of rotatable bonds is 7. The molecule has 1 N–H and O–H groups in total. The molecule has 3 aromatic rings. The van der Waals surface area contributed by atoms with Crippen molar-refractivity contribution in [1.29, 1.82) is 0 Å². The predicted octanol–water partition coefficient (Wildman–Crippen LogP) is 5.35. The number of nitrogens with zero attached hydrogens (tertiary/aromatic N) is 1. The van der Waals surface area contributed by atoms with Crippen molar-refractivity contribution < 1.29 is 14.3 Å². The van der Waals surface area contributed by atoms with E-state index >= 15 is 0 Å². The van der Waals surface area contributed by atoms with E-state index in [9.17, 15) is 4.79 Å². The molecule has 0 radical (unpaired) electrons. The summed E-state index contributed by atoms with van der Waals surface area (Å²) in [4.78, 5) is 15.8. The van der Waals surface area contributed by atoms with Gasteiger partial charge in [-0.25, -0.2) is 0 Å². The number of hydrogen-bond donors (Lipinski definition) is 1. The van der Waals surface area contributed by atoms with Crippen molar-refractivity contribution in [2.45, 2.75) is 42.7 Å². The average molecular weight is 485 g/mol. The second-order valence-corrected chi connectivity index (χ2v) is 10.3. The van der Waals surface area contributed by atoms with Gasteiger partial charge in [-0.3, -0.25) is 9.69 Å². The van der Waals surface area contributed by atoms with Gasteiger partial charge in [0.05, 0.1) is 12.7 Å². The predicted molar refractivity (Wildman–Crippen MR) is 145 cm³/mol. The molecular formula is C31H36N2O3. The molecule has 36 heavy (non-hydrogen) atoms. The normalized spacial score (nSPS) is 26.2. The molecule has 5 nitrogen and oxygen atoms in total. The van der Waals surface area contributed by atoms with Crippen LogP contribution in [0.5, 0.6) is 5.75 Å². The Hall–Kier alpha value is -3.15. The maximum absolute atomic E-state index is 13.4. The van der Waals surface area contributed by atoms with Gasteiger partial charge >= 0.3 is 0 Å². The summed E-state index contributed by atoms with van der Waals surface area (Å²) in [7, 11) is 3.56. The highest BCUT2D eigenvalue weighted by atomic mass is 16.5. The van der Waals surface area contributed by atoms with Crippen LogP contribution in [0.1, 0.15) is 41.6 Å². The number of likely N-dealkylation sites (tertiary alicyclic amines) is 1. The Morgan fingerprint density at radius 2 is 1.92 bits per heavy atom. The zero-order valence-electron chi connectivity index (χ0n) is 21.3. The quantitative estimate of drug-likeness (QED) is 0.460. The Morgan fingerprint density at radius 3 is 2.69 bits per heavy atom. The van der Waals surface area contributed by atoms with Crippen LogP contribution in [-0.4, -0.2) is 56.3 Å². The Bertz CT molecular complexity index is 1260. The van der Waals surface area contributed by atoms with Gasteiger partial charge in [-0.15, -0.1) is 6.58 Å². The summed E-state index contributed by atoms with van der Waals surface area (Å²) in [6, 6.07) is 22.5. The highest BCUT2D eigenvalue weighted by Crippen LogP contribution is 2.53. The van der Waals surface area contributed by atoms with Gasteiger partial charge in [0, 0.05) is 37.2 Å². The molecule has 0 unspecified atom stereocenters. The smallest absolute Gasteiger partial charge is 0.251 e. The van der Waals surface area contributed by atoms with Crippen LogP contribution in [0.4, 0.5) is 0 Å². The molecule has 3 aromatic carbocycles. The summed E-state index contributed by atoms with van der Waals surface area (Å²) >= 11 is 0. The summed E-state index contributed by atoms with van der Waals surface area (Å²) in [6.45, 7) is 6.60. The molecule has 1 heterocycles. The van der Waals surface area contributed by atoms with E-state index < -0.39 is 0 Å². The zero-order chi connectivity index (χ0) is 25.2. The van der Waals surface area contributed by atoms with E-state index in [4.69, 9.17) is 9.47 Å². The number of carbonyl (C=O) groups excluding carboxylic acids is 1. The summed E-state index contributed by atoms with van der Waals surface area (Å²) < 4.78 is 12.0. The first-order chi connectivity index (χ1) is 17.5. The van der Waals surface area contributed by atoms with Crippen LogP contribution in [-0.2, 0) is 10.2 Å². The van der Waals surface area contributed by atoms with Crippen molar-refractivity contribution >= 4 is 16.7 Å². The number of fused-ring (bicyclic) bond motifs is 2. The van der Waals surface area contributed by atoms with E-state index in [-0.39, 0.29) is 23.0 Å². The first-order valence-electron chi connectivity index (χ1n) is 12.9. The highest BCUT2D eigenvalue weighted by Gasteiger charge is 2.58. The number of amides is 1. The van der Waals surface area contributed by atoms with Gasteiger partial charge in [-0.05, 0) is 72.8 Å². The van der Waals surface area contributed by atoms with Crippen molar-refractivity contribution in [3.05, 3.63) is 90.5 Å². The van der Waals surface area contributed by atoms with E-state index in [1.165, 1.54) is 5.56 Å². The lowest BCUT2D eigenvalue weighted by molar-refractivity contribution is -0.146. The van der Waals surface area contributed by atoms with E-state index in [1.54, 1.807) is 7.11 Å². The maximum Gasteiger partial charge on any atom is 0.251 e. The van der Waals surface area contributed by atoms with Crippen molar-refractivity contribution in [3.63, 3.8) is 0 Å². The van der Waals surface area contributed by atoms with Crippen LogP contribution in [0, 0.1) is 0 Å². The first-order valence-corrected chi connectivity index (χ1v) is 12.9. The monoisotopic (exact) mass is 484 g/mol. The lowest BCUT2D eigenvalue weighted by Gasteiger charge is -2.59. The third-order valence-corrected chi connectivity index (χ3v) is 8.44. The van der Waals surface area contributed by atoms with Crippen LogP contribution < -0.4 is 10.1 Å². The standard InChI is InChI=1S/C31H36N2O3/c1-4-17-33-18-16-30(26-10-7-11-28(20-26)35-2)21-27(14-15-31(30,22-33)36-3)32-29(34)25-13-12-23-8-5-6-9-24(23)19-25/h4-13,19-20,27H,1,14-18,21-22H2,2-3H3,(H,32,34)/t27-,30+,31+/m1/s1. The summed E-state index contributed by atoms with van der Waals surface area (Å²) in [6.07, 6.45) is 5.49. The van der Waals surface area contributed by atoms with Crippen LogP contribution in [0.2, 0.25) is 0 Å². The van der Waals surface area contributed by atoms with E-state index in [1.807, 2.05) is 49.6 Å². The fourth-order valence-electron chi connectivity index (χ4n) is 6.57.